The normalized spacial score (nSPS) is 15.5. The van der Waals surface area contributed by atoms with Gasteiger partial charge in [0.1, 0.15) is 5.75 Å². The van der Waals surface area contributed by atoms with Crippen LogP contribution in [-0.2, 0) is 11.3 Å². The van der Waals surface area contributed by atoms with E-state index in [2.05, 4.69) is 22.5 Å². The number of benzene rings is 1. The number of nitrogens with one attached hydrogen (secondary N) is 2. The van der Waals surface area contributed by atoms with E-state index in [0.29, 0.717) is 12.6 Å². The fraction of sp³-hybridized carbons (Fsp3) is 0.632. The van der Waals surface area contributed by atoms with Gasteiger partial charge in [-0.3, -0.25) is 4.99 Å². The predicted molar refractivity (Wildman–Crippen MR) is 98.6 cm³/mol. The van der Waals surface area contributed by atoms with Crippen molar-refractivity contribution in [1.29, 1.82) is 0 Å². The Kier molecular flexibility index (Phi) is 8.46. The van der Waals surface area contributed by atoms with Crippen molar-refractivity contribution in [3.8, 4) is 5.75 Å². The number of nitrogens with zero attached hydrogens (tertiary/aromatic N) is 1. The molecule has 1 aliphatic rings. The highest BCUT2D eigenvalue weighted by Crippen LogP contribution is 2.17. The molecule has 0 unspecified atom stereocenters. The molecule has 24 heavy (non-hydrogen) atoms. The van der Waals surface area contributed by atoms with Crippen LogP contribution in [0.2, 0.25) is 0 Å². The zero-order chi connectivity index (χ0) is 17.0. The minimum atomic E-state index is 0.592. The minimum Gasteiger partial charge on any atom is -0.497 e. The molecule has 0 bridgehead atoms. The van der Waals surface area contributed by atoms with E-state index in [1.165, 1.54) is 25.7 Å². The average molecular weight is 333 g/mol. The Hall–Kier alpha value is -1.75. The maximum Gasteiger partial charge on any atom is 0.191 e. The number of methoxy groups -OCH3 is 1. The zero-order valence-corrected chi connectivity index (χ0v) is 15.0. The first-order valence-corrected chi connectivity index (χ1v) is 9.07. The van der Waals surface area contributed by atoms with Gasteiger partial charge in [-0.2, -0.15) is 0 Å². The molecule has 0 saturated heterocycles. The number of hydrogen-bond donors (Lipinski definition) is 2. The first-order chi connectivity index (χ1) is 11.8. The summed E-state index contributed by atoms with van der Waals surface area (Å²) in [7, 11) is 1.68. The van der Waals surface area contributed by atoms with Crippen molar-refractivity contribution in [2.24, 2.45) is 4.99 Å². The van der Waals surface area contributed by atoms with Gasteiger partial charge < -0.3 is 20.1 Å². The van der Waals surface area contributed by atoms with Gasteiger partial charge in [-0.05, 0) is 43.9 Å². The molecule has 1 fully saturated rings. The monoisotopic (exact) mass is 333 g/mol. The Bertz CT molecular complexity index is 482. The Morgan fingerprint density at radius 1 is 1.21 bits per heavy atom. The van der Waals surface area contributed by atoms with E-state index in [9.17, 15) is 0 Å². The Morgan fingerprint density at radius 3 is 2.62 bits per heavy atom. The molecule has 5 heteroatoms. The van der Waals surface area contributed by atoms with Gasteiger partial charge in [0.05, 0.1) is 13.7 Å². The van der Waals surface area contributed by atoms with Crippen LogP contribution in [-0.4, -0.2) is 38.8 Å². The highest BCUT2D eigenvalue weighted by molar-refractivity contribution is 5.80. The second-order valence-corrected chi connectivity index (χ2v) is 6.14. The van der Waals surface area contributed by atoms with E-state index in [4.69, 9.17) is 9.47 Å². The first-order valence-electron chi connectivity index (χ1n) is 9.07. The molecule has 134 valence electrons. The van der Waals surface area contributed by atoms with Crippen LogP contribution in [0.5, 0.6) is 5.75 Å². The molecule has 1 aromatic rings. The molecule has 1 aliphatic carbocycles. The standard InChI is InChI=1S/C19H31N3O2/c1-3-20-19(22-17-7-4-5-8-17)21-13-6-14-24-15-16-9-11-18(23-2)12-10-16/h9-12,17H,3-8,13-15H2,1-2H3,(H2,20,21,22). The number of rotatable bonds is 9. The summed E-state index contributed by atoms with van der Waals surface area (Å²) in [5.41, 5.74) is 1.16. The molecule has 2 rings (SSSR count). The van der Waals surface area contributed by atoms with Gasteiger partial charge in [0, 0.05) is 25.7 Å². The largest absolute Gasteiger partial charge is 0.497 e. The van der Waals surface area contributed by atoms with Crippen LogP contribution < -0.4 is 15.4 Å². The summed E-state index contributed by atoms with van der Waals surface area (Å²) in [6.45, 7) is 5.13. The third-order valence-corrected chi connectivity index (χ3v) is 4.18. The van der Waals surface area contributed by atoms with Crippen molar-refractivity contribution in [1.82, 2.24) is 10.6 Å². The summed E-state index contributed by atoms with van der Waals surface area (Å²) in [6, 6.07) is 8.58. The molecule has 0 spiro atoms. The molecular formula is C19H31N3O2. The van der Waals surface area contributed by atoms with Gasteiger partial charge in [-0.15, -0.1) is 0 Å². The number of guanidine groups is 1. The Morgan fingerprint density at radius 2 is 1.96 bits per heavy atom. The van der Waals surface area contributed by atoms with Crippen LogP contribution >= 0.6 is 0 Å². The summed E-state index contributed by atoms with van der Waals surface area (Å²) in [6.07, 6.45) is 6.11. The molecule has 2 N–H and O–H groups in total. The average Bonchev–Trinajstić information content (AvgIpc) is 3.11. The fourth-order valence-electron chi connectivity index (χ4n) is 2.85. The Labute approximate surface area is 145 Å². The van der Waals surface area contributed by atoms with Crippen LogP contribution in [0.4, 0.5) is 0 Å². The summed E-state index contributed by atoms with van der Waals surface area (Å²) >= 11 is 0. The van der Waals surface area contributed by atoms with Crippen LogP contribution in [0.1, 0.15) is 44.6 Å². The Balaban J connectivity index is 1.62. The van der Waals surface area contributed by atoms with Gasteiger partial charge >= 0.3 is 0 Å². The second-order valence-electron chi connectivity index (χ2n) is 6.14. The maximum atomic E-state index is 5.72. The lowest BCUT2D eigenvalue weighted by Crippen LogP contribution is -2.42. The zero-order valence-electron chi connectivity index (χ0n) is 15.0. The quantitative estimate of drug-likeness (QED) is 0.414. The molecule has 1 aromatic carbocycles. The van der Waals surface area contributed by atoms with Crippen LogP contribution in [0, 0.1) is 0 Å². The fourth-order valence-corrected chi connectivity index (χ4v) is 2.85. The minimum absolute atomic E-state index is 0.592. The van der Waals surface area contributed by atoms with E-state index in [1.807, 2.05) is 24.3 Å². The van der Waals surface area contributed by atoms with E-state index >= 15 is 0 Å². The SMILES string of the molecule is CCNC(=NCCCOCc1ccc(OC)cc1)NC1CCCC1. The van der Waals surface area contributed by atoms with E-state index in [1.54, 1.807) is 7.11 Å². The second kappa shape index (κ2) is 10.9. The third kappa shape index (κ3) is 6.79. The lowest BCUT2D eigenvalue weighted by Gasteiger charge is -2.16. The molecule has 1 saturated carbocycles. The van der Waals surface area contributed by atoms with Crippen LogP contribution in [0.15, 0.2) is 29.3 Å². The van der Waals surface area contributed by atoms with Gasteiger partial charge in [0.15, 0.2) is 5.96 Å². The van der Waals surface area contributed by atoms with E-state index < -0.39 is 0 Å². The van der Waals surface area contributed by atoms with Gasteiger partial charge in [0.25, 0.3) is 0 Å². The highest BCUT2D eigenvalue weighted by atomic mass is 16.5. The van der Waals surface area contributed by atoms with Crippen molar-refractivity contribution >= 4 is 5.96 Å². The molecular weight excluding hydrogens is 302 g/mol. The molecule has 0 heterocycles. The summed E-state index contributed by atoms with van der Waals surface area (Å²) in [4.78, 5) is 4.64. The van der Waals surface area contributed by atoms with Crippen molar-refractivity contribution in [2.75, 3.05) is 26.8 Å². The molecule has 0 amide bonds. The van der Waals surface area contributed by atoms with Gasteiger partial charge in [0.2, 0.25) is 0 Å². The smallest absolute Gasteiger partial charge is 0.191 e. The van der Waals surface area contributed by atoms with Crippen molar-refractivity contribution in [2.45, 2.75) is 51.7 Å². The van der Waals surface area contributed by atoms with Crippen molar-refractivity contribution in [3.05, 3.63) is 29.8 Å². The summed E-state index contributed by atoms with van der Waals surface area (Å²) in [5.74, 6) is 1.82. The topological polar surface area (TPSA) is 54.9 Å². The van der Waals surface area contributed by atoms with Crippen molar-refractivity contribution < 1.29 is 9.47 Å². The maximum absolute atomic E-state index is 5.72. The lowest BCUT2D eigenvalue weighted by atomic mass is 10.2. The summed E-state index contributed by atoms with van der Waals surface area (Å²) in [5, 5.41) is 6.85. The van der Waals surface area contributed by atoms with E-state index in [-0.39, 0.29) is 0 Å². The lowest BCUT2D eigenvalue weighted by molar-refractivity contribution is 0.120. The molecule has 0 aromatic heterocycles. The number of hydrogen-bond acceptors (Lipinski definition) is 3. The van der Waals surface area contributed by atoms with Crippen molar-refractivity contribution in [3.63, 3.8) is 0 Å². The van der Waals surface area contributed by atoms with E-state index in [0.717, 1.165) is 43.4 Å². The molecule has 0 aliphatic heterocycles. The third-order valence-electron chi connectivity index (χ3n) is 4.18. The number of ether oxygens (including phenoxy) is 2. The highest BCUT2D eigenvalue weighted by Gasteiger charge is 2.15. The molecule has 0 radical (unpaired) electrons. The first kappa shape index (κ1) is 18.6. The predicted octanol–water partition coefficient (Wildman–Crippen LogP) is 3.10. The summed E-state index contributed by atoms with van der Waals surface area (Å²) < 4.78 is 10.9. The van der Waals surface area contributed by atoms with Crippen LogP contribution in [0.25, 0.3) is 0 Å². The number of aliphatic imine (C=N–C) groups is 1. The van der Waals surface area contributed by atoms with Crippen LogP contribution in [0.3, 0.4) is 0 Å². The van der Waals surface area contributed by atoms with Gasteiger partial charge in [-0.25, -0.2) is 0 Å². The molecule has 0 atom stereocenters. The van der Waals surface area contributed by atoms with Gasteiger partial charge in [-0.1, -0.05) is 25.0 Å². The molecule has 5 nitrogen and oxygen atoms in total.